The summed E-state index contributed by atoms with van der Waals surface area (Å²) >= 11 is 0. The third-order valence-electron chi connectivity index (χ3n) is 1.76. The summed E-state index contributed by atoms with van der Waals surface area (Å²) < 4.78 is 30.4. The van der Waals surface area contributed by atoms with Crippen molar-refractivity contribution in [2.45, 2.75) is 4.90 Å². The van der Waals surface area contributed by atoms with Gasteiger partial charge in [-0.05, 0) is 0 Å². The minimum atomic E-state index is -4.84. The Kier molecular flexibility index (Phi) is 3.29. The second-order valence-corrected chi connectivity index (χ2v) is 4.22. The first kappa shape index (κ1) is 12.9. The number of phenolic OH excluding ortho intramolecular Hbond substituents is 1. The zero-order valence-electron chi connectivity index (χ0n) is 8.02. The lowest BCUT2D eigenvalue weighted by molar-refractivity contribution is -0.385. The Morgan fingerprint density at radius 2 is 2.00 bits per heavy atom. The number of benzene rings is 1. The fraction of sp³-hybridized carbons (Fsp3) is 0. The van der Waals surface area contributed by atoms with Gasteiger partial charge in [0.15, 0.2) is 5.75 Å². The van der Waals surface area contributed by atoms with Crippen LogP contribution < -0.4 is 5.32 Å². The van der Waals surface area contributed by atoms with E-state index in [1.54, 1.807) is 0 Å². The van der Waals surface area contributed by atoms with E-state index in [0.717, 1.165) is 6.07 Å². The molecule has 0 unspecified atom stereocenters. The molecule has 0 aliphatic heterocycles. The van der Waals surface area contributed by atoms with Crippen LogP contribution >= 0.6 is 0 Å². The van der Waals surface area contributed by atoms with Gasteiger partial charge in [0.25, 0.3) is 15.8 Å². The number of hydrogen-bond acceptors (Lipinski definition) is 6. The van der Waals surface area contributed by atoms with Crippen molar-refractivity contribution in [2.75, 3.05) is 5.32 Å². The maximum Gasteiger partial charge on any atom is 0.298 e. The Hall–Kier alpha value is -2.20. The molecular weight excluding hydrogens is 256 g/mol. The first-order chi connectivity index (χ1) is 7.77. The highest BCUT2D eigenvalue weighted by Crippen LogP contribution is 2.35. The molecule has 0 saturated carbocycles. The van der Waals surface area contributed by atoms with Gasteiger partial charge in [-0.2, -0.15) is 8.42 Å². The third kappa shape index (κ3) is 2.68. The summed E-state index contributed by atoms with van der Waals surface area (Å²) in [7, 11) is -4.84. The Morgan fingerprint density at radius 3 is 2.41 bits per heavy atom. The largest absolute Gasteiger partial charge is 0.504 e. The number of nitrogens with one attached hydrogen (secondary N) is 1. The molecule has 0 atom stereocenters. The van der Waals surface area contributed by atoms with Crippen LogP contribution in [0.4, 0.5) is 11.4 Å². The predicted octanol–water partition coefficient (Wildman–Crippen LogP) is 0.115. The molecular formula is C7H6N2O7S. The summed E-state index contributed by atoms with van der Waals surface area (Å²) in [6.07, 6.45) is 0.0898. The number of nitro groups is 1. The number of phenols is 1. The lowest BCUT2D eigenvalue weighted by Crippen LogP contribution is -2.03. The SMILES string of the molecule is O=CNc1cc([N+](=O)[O-])cc(S(=O)(=O)O)c1O. The van der Waals surface area contributed by atoms with Gasteiger partial charge in [0.05, 0.1) is 10.6 Å². The van der Waals surface area contributed by atoms with Crippen molar-refractivity contribution in [3.05, 3.63) is 22.2 Å². The second-order valence-electron chi connectivity index (χ2n) is 2.83. The fourth-order valence-corrected chi connectivity index (χ4v) is 1.69. The van der Waals surface area contributed by atoms with Crippen LogP contribution in [0.1, 0.15) is 0 Å². The van der Waals surface area contributed by atoms with Crippen LogP contribution in [0.25, 0.3) is 0 Å². The van der Waals surface area contributed by atoms with E-state index in [0.29, 0.717) is 6.07 Å². The van der Waals surface area contributed by atoms with Gasteiger partial charge in [-0.25, -0.2) is 0 Å². The monoisotopic (exact) mass is 262 g/mol. The molecule has 1 aromatic carbocycles. The van der Waals surface area contributed by atoms with Gasteiger partial charge in [0, 0.05) is 12.1 Å². The highest BCUT2D eigenvalue weighted by atomic mass is 32.2. The molecule has 0 aliphatic rings. The Morgan fingerprint density at radius 1 is 1.41 bits per heavy atom. The molecule has 1 amide bonds. The quantitative estimate of drug-likeness (QED) is 0.229. The lowest BCUT2D eigenvalue weighted by Gasteiger charge is -2.06. The first-order valence-electron chi connectivity index (χ1n) is 3.96. The molecule has 0 fully saturated rings. The van der Waals surface area contributed by atoms with E-state index in [1.165, 1.54) is 0 Å². The van der Waals surface area contributed by atoms with Crippen LogP contribution in [0, 0.1) is 10.1 Å². The summed E-state index contributed by atoms with van der Waals surface area (Å²) in [5, 5.41) is 21.7. The molecule has 10 heteroatoms. The van der Waals surface area contributed by atoms with Crippen molar-refractivity contribution >= 4 is 27.9 Å². The number of non-ortho nitro benzene ring substituents is 1. The lowest BCUT2D eigenvalue weighted by atomic mass is 10.2. The van der Waals surface area contributed by atoms with Crippen molar-refractivity contribution in [3.8, 4) is 5.75 Å². The van der Waals surface area contributed by atoms with E-state index in [2.05, 4.69) is 0 Å². The fourth-order valence-electron chi connectivity index (χ4n) is 1.07. The average Bonchev–Trinajstić information content (AvgIpc) is 2.19. The maximum absolute atomic E-state index is 10.8. The zero-order chi connectivity index (χ0) is 13.2. The molecule has 0 heterocycles. The third-order valence-corrected chi connectivity index (χ3v) is 2.63. The standard InChI is InChI=1S/C7H6N2O7S/c10-3-8-5-1-4(9(12)13)2-6(7(5)11)17(14,15)16/h1-3,11H,(H,8,10)(H,14,15,16). The smallest absolute Gasteiger partial charge is 0.298 e. The van der Waals surface area contributed by atoms with E-state index in [1.807, 2.05) is 5.32 Å². The number of nitro benzene ring substituents is 1. The van der Waals surface area contributed by atoms with Gasteiger partial charge in [-0.1, -0.05) is 0 Å². The van der Waals surface area contributed by atoms with Gasteiger partial charge >= 0.3 is 0 Å². The number of amides is 1. The van der Waals surface area contributed by atoms with Crippen LogP contribution in [0.2, 0.25) is 0 Å². The number of rotatable bonds is 4. The van der Waals surface area contributed by atoms with Gasteiger partial charge in [0.2, 0.25) is 6.41 Å². The van der Waals surface area contributed by atoms with Crippen LogP contribution in [0.5, 0.6) is 5.75 Å². The van der Waals surface area contributed by atoms with Crippen LogP contribution in [0.3, 0.4) is 0 Å². The number of hydrogen-bond donors (Lipinski definition) is 3. The van der Waals surface area contributed by atoms with Crippen LogP contribution in [0.15, 0.2) is 17.0 Å². The molecule has 0 radical (unpaired) electrons. The van der Waals surface area contributed by atoms with E-state index in [9.17, 15) is 28.4 Å². The average molecular weight is 262 g/mol. The van der Waals surface area contributed by atoms with Gasteiger partial charge in [0.1, 0.15) is 4.90 Å². The zero-order valence-corrected chi connectivity index (χ0v) is 8.84. The van der Waals surface area contributed by atoms with Crippen molar-refractivity contribution in [1.82, 2.24) is 0 Å². The summed E-state index contributed by atoms with van der Waals surface area (Å²) in [5.41, 5.74) is -1.21. The van der Waals surface area contributed by atoms with Gasteiger partial charge < -0.3 is 10.4 Å². The minimum absolute atomic E-state index is 0.0898. The number of carbonyl (C=O) groups is 1. The van der Waals surface area contributed by atoms with Crippen molar-refractivity contribution < 1.29 is 27.8 Å². The Labute approximate surface area is 94.6 Å². The molecule has 0 aromatic heterocycles. The Balaban J connectivity index is 3.60. The van der Waals surface area contributed by atoms with E-state index in [4.69, 9.17) is 4.55 Å². The van der Waals surface area contributed by atoms with Gasteiger partial charge in [-0.15, -0.1) is 0 Å². The number of nitrogens with zero attached hydrogens (tertiary/aromatic N) is 1. The molecule has 0 bridgehead atoms. The van der Waals surface area contributed by atoms with E-state index >= 15 is 0 Å². The molecule has 1 aromatic rings. The summed E-state index contributed by atoms with van der Waals surface area (Å²) in [6, 6.07) is 1.22. The highest BCUT2D eigenvalue weighted by molar-refractivity contribution is 7.86. The molecule has 0 saturated heterocycles. The topological polar surface area (TPSA) is 147 Å². The minimum Gasteiger partial charge on any atom is -0.504 e. The van der Waals surface area contributed by atoms with Crippen molar-refractivity contribution in [2.24, 2.45) is 0 Å². The second kappa shape index (κ2) is 4.35. The van der Waals surface area contributed by atoms with Crippen molar-refractivity contribution in [3.63, 3.8) is 0 Å². The molecule has 92 valence electrons. The normalized spacial score (nSPS) is 10.9. The van der Waals surface area contributed by atoms with Gasteiger partial charge in [-0.3, -0.25) is 19.5 Å². The molecule has 1 rings (SSSR count). The molecule has 9 nitrogen and oxygen atoms in total. The number of aromatic hydroxyl groups is 1. The number of carbonyl (C=O) groups excluding carboxylic acids is 1. The Bertz CT molecular complexity index is 580. The summed E-state index contributed by atoms with van der Waals surface area (Å²) in [5.74, 6) is -0.981. The molecule has 0 spiro atoms. The highest BCUT2D eigenvalue weighted by Gasteiger charge is 2.23. The van der Waals surface area contributed by atoms with Crippen LogP contribution in [-0.2, 0) is 14.9 Å². The van der Waals surface area contributed by atoms with Crippen molar-refractivity contribution in [1.29, 1.82) is 0 Å². The number of anilines is 1. The van der Waals surface area contributed by atoms with E-state index < -0.39 is 37.1 Å². The molecule has 0 aliphatic carbocycles. The van der Waals surface area contributed by atoms with Crippen LogP contribution in [-0.4, -0.2) is 29.4 Å². The first-order valence-corrected chi connectivity index (χ1v) is 5.40. The molecule has 3 N–H and O–H groups in total. The molecule has 17 heavy (non-hydrogen) atoms. The van der Waals surface area contributed by atoms with E-state index in [-0.39, 0.29) is 6.41 Å². The predicted molar refractivity (Wildman–Crippen MR) is 54.3 cm³/mol. The summed E-state index contributed by atoms with van der Waals surface area (Å²) in [4.78, 5) is 18.6. The maximum atomic E-state index is 10.8. The summed E-state index contributed by atoms with van der Waals surface area (Å²) in [6.45, 7) is 0.